The van der Waals surface area contributed by atoms with Crippen LogP contribution in [0, 0.1) is 12.7 Å². The van der Waals surface area contributed by atoms with Crippen molar-refractivity contribution in [2.75, 3.05) is 6.54 Å². The van der Waals surface area contributed by atoms with Gasteiger partial charge in [0.05, 0.1) is 0 Å². The molecule has 2 aromatic rings. The molecule has 0 fully saturated rings. The predicted octanol–water partition coefficient (Wildman–Crippen LogP) is 3.17. The van der Waals surface area contributed by atoms with Gasteiger partial charge in [0.15, 0.2) is 5.43 Å². The Bertz CT molecular complexity index is 647. The Hall–Kier alpha value is -1.94. The summed E-state index contributed by atoms with van der Waals surface area (Å²) in [6.07, 6.45) is 4.06. The van der Waals surface area contributed by atoms with Gasteiger partial charge in [0.2, 0.25) is 0 Å². The summed E-state index contributed by atoms with van der Waals surface area (Å²) in [5.74, 6) is -0.265. The van der Waals surface area contributed by atoms with Gasteiger partial charge in [-0.1, -0.05) is 13.3 Å². The summed E-state index contributed by atoms with van der Waals surface area (Å²) in [7, 11) is 0. The number of aryl methyl sites for hydroxylation is 1. The predicted molar refractivity (Wildman–Crippen MR) is 83.3 cm³/mol. The number of benzene rings is 1. The molecule has 2 rings (SSSR count). The molecular formula is C17H21FN2O. The van der Waals surface area contributed by atoms with E-state index in [-0.39, 0.29) is 11.2 Å². The third-order valence-corrected chi connectivity index (χ3v) is 3.45. The van der Waals surface area contributed by atoms with Crippen LogP contribution in [0.3, 0.4) is 0 Å². The third-order valence-electron chi connectivity index (χ3n) is 3.45. The zero-order valence-corrected chi connectivity index (χ0v) is 12.5. The molecule has 21 heavy (non-hydrogen) atoms. The minimum absolute atomic E-state index is 0.0369. The molecular weight excluding hydrogens is 267 g/mol. The zero-order chi connectivity index (χ0) is 15.2. The molecule has 1 aromatic heterocycles. The van der Waals surface area contributed by atoms with Gasteiger partial charge < -0.3 is 9.88 Å². The summed E-state index contributed by atoms with van der Waals surface area (Å²) in [6, 6.07) is 7.89. The number of unbranched alkanes of at least 4 members (excludes halogenated alkanes) is 1. The van der Waals surface area contributed by atoms with Crippen molar-refractivity contribution < 1.29 is 4.39 Å². The summed E-state index contributed by atoms with van der Waals surface area (Å²) in [4.78, 5) is 12.0. The van der Waals surface area contributed by atoms with Crippen molar-refractivity contribution in [3.8, 4) is 5.69 Å². The Labute approximate surface area is 124 Å². The highest BCUT2D eigenvalue weighted by Gasteiger charge is 2.05. The molecule has 112 valence electrons. The van der Waals surface area contributed by atoms with Crippen LogP contribution >= 0.6 is 0 Å². The first kappa shape index (κ1) is 15.4. The number of nitrogens with one attached hydrogen (secondary N) is 1. The lowest BCUT2D eigenvalue weighted by molar-refractivity contribution is 0.627. The molecule has 3 nitrogen and oxygen atoms in total. The average Bonchev–Trinajstić information content (AvgIpc) is 2.47. The van der Waals surface area contributed by atoms with Crippen molar-refractivity contribution in [2.24, 2.45) is 0 Å². The number of hydrogen-bond donors (Lipinski definition) is 1. The maximum Gasteiger partial charge on any atom is 0.186 e. The fourth-order valence-corrected chi connectivity index (χ4v) is 2.21. The Morgan fingerprint density at radius 1 is 1.24 bits per heavy atom. The van der Waals surface area contributed by atoms with E-state index < -0.39 is 0 Å². The maximum absolute atomic E-state index is 13.0. The molecule has 0 aliphatic heterocycles. The van der Waals surface area contributed by atoms with Crippen molar-refractivity contribution in [3.05, 3.63) is 63.8 Å². The SMILES string of the molecule is CCCCNCc1cn(-c2ccc(F)cc2)c(C)cc1=O. The van der Waals surface area contributed by atoms with Crippen LogP contribution in [-0.4, -0.2) is 11.1 Å². The molecule has 4 heteroatoms. The second-order valence-electron chi connectivity index (χ2n) is 5.18. The summed E-state index contributed by atoms with van der Waals surface area (Å²) in [5.41, 5.74) is 2.45. The quantitative estimate of drug-likeness (QED) is 0.828. The lowest BCUT2D eigenvalue weighted by Gasteiger charge is -2.13. The fourth-order valence-electron chi connectivity index (χ4n) is 2.21. The average molecular weight is 288 g/mol. The van der Waals surface area contributed by atoms with E-state index in [0.717, 1.165) is 36.3 Å². The van der Waals surface area contributed by atoms with Gasteiger partial charge in [0.1, 0.15) is 5.82 Å². The molecule has 0 saturated heterocycles. The molecule has 0 saturated carbocycles. The Morgan fingerprint density at radius 2 is 1.95 bits per heavy atom. The van der Waals surface area contributed by atoms with Crippen molar-refractivity contribution in [1.29, 1.82) is 0 Å². The number of hydrogen-bond acceptors (Lipinski definition) is 2. The van der Waals surface area contributed by atoms with Crippen LogP contribution in [0.25, 0.3) is 5.69 Å². The van der Waals surface area contributed by atoms with Crippen LogP contribution in [-0.2, 0) is 6.54 Å². The molecule has 0 atom stereocenters. The molecule has 0 aliphatic rings. The van der Waals surface area contributed by atoms with Gasteiger partial charge in [0, 0.05) is 35.8 Å². The zero-order valence-electron chi connectivity index (χ0n) is 12.5. The van der Waals surface area contributed by atoms with E-state index in [9.17, 15) is 9.18 Å². The number of aromatic nitrogens is 1. The van der Waals surface area contributed by atoms with E-state index in [1.165, 1.54) is 12.1 Å². The largest absolute Gasteiger partial charge is 0.321 e. The topological polar surface area (TPSA) is 34.0 Å². The van der Waals surface area contributed by atoms with Crippen molar-refractivity contribution in [2.45, 2.75) is 33.2 Å². The minimum Gasteiger partial charge on any atom is -0.321 e. The van der Waals surface area contributed by atoms with E-state index >= 15 is 0 Å². The standard InChI is InChI=1S/C17H21FN2O/c1-3-4-9-19-11-14-12-20(13(2)10-17(14)21)16-7-5-15(18)6-8-16/h5-8,10,12,19H,3-4,9,11H2,1-2H3. The van der Waals surface area contributed by atoms with Crippen molar-refractivity contribution in [3.63, 3.8) is 0 Å². The first-order valence-corrected chi connectivity index (χ1v) is 7.30. The number of pyridine rings is 1. The summed E-state index contributed by atoms with van der Waals surface area (Å²) in [5, 5.41) is 3.28. The Kier molecular flexibility index (Phi) is 5.28. The van der Waals surface area contributed by atoms with Crippen LogP contribution in [0.1, 0.15) is 31.0 Å². The van der Waals surface area contributed by atoms with Gasteiger partial charge >= 0.3 is 0 Å². The Morgan fingerprint density at radius 3 is 2.62 bits per heavy atom. The van der Waals surface area contributed by atoms with Crippen molar-refractivity contribution in [1.82, 2.24) is 9.88 Å². The van der Waals surface area contributed by atoms with Crippen LogP contribution in [0.5, 0.6) is 0 Å². The molecule has 0 spiro atoms. The molecule has 1 aromatic carbocycles. The highest BCUT2D eigenvalue weighted by molar-refractivity contribution is 5.35. The van der Waals surface area contributed by atoms with Crippen molar-refractivity contribution >= 4 is 0 Å². The second kappa shape index (κ2) is 7.18. The minimum atomic E-state index is -0.265. The van der Waals surface area contributed by atoms with E-state index in [4.69, 9.17) is 0 Å². The first-order chi connectivity index (χ1) is 10.1. The third kappa shape index (κ3) is 4.02. The van der Waals surface area contributed by atoms with Gasteiger partial charge in [-0.15, -0.1) is 0 Å². The van der Waals surface area contributed by atoms with Crippen LogP contribution in [0.4, 0.5) is 4.39 Å². The smallest absolute Gasteiger partial charge is 0.186 e. The first-order valence-electron chi connectivity index (χ1n) is 7.30. The summed E-state index contributed by atoms with van der Waals surface area (Å²) >= 11 is 0. The second-order valence-corrected chi connectivity index (χ2v) is 5.18. The van der Waals surface area contributed by atoms with Gasteiger partial charge in [-0.05, 0) is 44.2 Å². The van der Waals surface area contributed by atoms with Crippen LogP contribution < -0.4 is 10.7 Å². The monoisotopic (exact) mass is 288 g/mol. The summed E-state index contributed by atoms with van der Waals surface area (Å²) < 4.78 is 14.9. The van der Waals surface area contributed by atoms with Gasteiger partial charge in [-0.3, -0.25) is 4.79 Å². The lowest BCUT2D eigenvalue weighted by atomic mass is 10.2. The molecule has 0 amide bonds. The van der Waals surface area contributed by atoms with Crippen LogP contribution in [0.2, 0.25) is 0 Å². The molecule has 0 bridgehead atoms. The van der Waals surface area contributed by atoms with E-state index in [2.05, 4.69) is 12.2 Å². The maximum atomic E-state index is 13.0. The number of nitrogens with zero attached hydrogens (tertiary/aromatic N) is 1. The highest BCUT2D eigenvalue weighted by atomic mass is 19.1. The molecule has 0 radical (unpaired) electrons. The van der Waals surface area contributed by atoms with Gasteiger partial charge in [0.25, 0.3) is 0 Å². The fraction of sp³-hybridized carbons (Fsp3) is 0.353. The Balaban J connectivity index is 2.25. The molecule has 0 unspecified atom stereocenters. The van der Waals surface area contributed by atoms with Gasteiger partial charge in [-0.25, -0.2) is 4.39 Å². The van der Waals surface area contributed by atoms with Crippen LogP contribution in [0.15, 0.2) is 41.3 Å². The summed E-state index contributed by atoms with van der Waals surface area (Å²) in [6.45, 7) is 5.47. The lowest BCUT2D eigenvalue weighted by Crippen LogP contribution is -2.22. The van der Waals surface area contributed by atoms with E-state index in [0.29, 0.717) is 6.54 Å². The van der Waals surface area contributed by atoms with E-state index in [1.807, 2.05) is 17.7 Å². The van der Waals surface area contributed by atoms with E-state index in [1.54, 1.807) is 18.2 Å². The highest BCUT2D eigenvalue weighted by Crippen LogP contribution is 2.12. The normalized spacial score (nSPS) is 10.8. The molecule has 0 aliphatic carbocycles. The molecule has 1 heterocycles. The number of rotatable bonds is 6. The molecule has 1 N–H and O–H groups in total. The number of halogens is 1. The van der Waals surface area contributed by atoms with Gasteiger partial charge in [-0.2, -0.15) is 0 Å².